The van der Waals surface area contributed by atoms with E-state index in [-0.39, 0.29) is 12.2 Å². The quantitative estimate of drug-likeness (QED) is 0.255. The lowest BCUT2D eigenvalue weighted by atomic mass is 10.1. The lowest BCUT2D eigenvalue weighted by molar-refractivity contribution is -0.394. The minimum atomic E-state index is -0.911. The number of nitro groups is 2. The monoisotopic (exact) mass is 282 g/mol. The summed E-state index contributed by atoms with van der Waals surface area (Å²) < 4.78 is 4.56. The summed E-state index contributed by atoms with van der Waals surface area (Å²) >= 11 is 0. The van der Waals surface area contributed by atoms with Gasteiger partial charge in [-0.2, -0.15) is 0 Å². The first kappa shape index (κ1) is 15.2. The molecule has 0 atom stereocenters. The largest absolute Gasteiger partial charge is 0.466 e. The molecular formula is C11H10N2O7. The number of esters is 1. The molecule has 9 heteroatoms. The molecule has 0 unspecified atom stereocenters. The number of carbonyl (C=O) groups excluding carboxylic acids is 2. The Bertz CT molecular complexity index is 582. The summed E-state index contributed by atoms with van der Waals surface area (Å²) in [4.78, 5) is 42.6. The number of carbonyl (C=O) groups is 2. The molecule has 0 N–H and O–H groups in total. The highest BCUT2D eigenvalue weighted by atomic mass is 16.6. The molecule has 0 saturated heterocycles. The van der Waals surface area contributed by atoms with Crippen molar-refractivity contribution in [2.75, 3.05) is 6.61 Å². The predicted octanol–water partition coefficient (Wildman–Crippen LogP) is 1.64. The number of rotatable bonds is 6. The van der Waals surface area contributed by atoms with Crippen molar-refractivity contribution in [3.63, 3.8) is 0 Å². The maximum absolute atomic E-state index is 11.8. The zero-order valence-electron chi connectivity index (χ0n) is 10.4. The van der Waals surface area contributed by atoms with Crippen molar-refractivity contribution in [1.82, 2.24) is 0 Å². The average molecular weight is 282 g/mol. The molecule has 1 aromatic rings. The summed E-state index contributed by atoms with van der Waals surface area (Å²) in [6.45, 7) is 1.63. The van der Waals surface area contributed by atoms with Gasteiger partial charge in [0.05, 0.1) is 28.1 Å². The smallest absolute Gasteiger partial charge is 0.313 e. The summed E-state index contributed by atoms with van der Waals surface area (Å²) in [5.74, 6) is -1.64. The van der Waals surface area contributed by atoms with E-state index in [2.05, 4.69) is 4.74 Å². The fourth-order valence-electron chi connectivity index (χ4n) is 1.46. The van der Waals surface area contributed by atoms with Gasteiger partial charge in [0.1, 0.15) is 6.42 Å². The Morgan fingerprint density at radius 3 is 2.35 bits per heavy atom. The number of nitrogens with zero attached hydrogens (tertiary/aromatic N) is 2. The maximum Gasteiger partial charge on any atom is 0.313 e. The maximum atomic E-state index is 11.8. The van der Waals surface area contributed by atoms with Crippen LogP contribution in [0.5, 0.6) is 0 Å². The van der Waals surface area contributed by atoms with Crippen LogP contribution >= 0.6 is 0 Å². The van der Waals surface area contributed by atoms with Crippen LogP contribution in [0.15, 0.2) is 18.2 Å². The number of hydrogen-bond acceptors (Lipinski definition) is 7. The number of Topliss-reactive ketones (excluding diaryl/α,β-unsaturated/α-hetero) is 1. The highest BCUT2D eigenvalue weighted by Crippen LogP contribution is 2.25. The van der Waals surface area contributed by atoms with Crippen molar-refractivity contribution in [2.45, 2.75) is 13.3 Å². The number of nitro benzene ring substituents is 2. The average Bonchev–Trinajstić information content (AvgIpc) is 2.37. The fourth-order valence-corrected chi connectivity index (χ4v) is 1.46. The van der Waals surface area contributed by atoms with Crippen LogP contribution in [0.1, 0.15) is 23.7 Å². The van der Waals surface area contributed by atoms with Gasteiger partial charge in [-0.1, -0.05) is 0 Å². The number of ether oxygens (including phenoxy) is 1. The van der Waals surface area contributed by atoms with E-state index in [1.165, 1.54) is 0 Å². The molecule has 0 aliphatic carbocycles. The zero-order valence-corrected chi connectivity index (χ0v) is 10.4. The van der Waals surface area contributed by atoms with Gasteiger partial charge in [0.15, 0.2) is 5.78 Å². The van der Waals surface area contributed by atoms with Crippen LogP contribution in [0, 0.1) is 20.2 Å². The summed E-state index contributed by atoms with van der Waals surface area (Å²) in [7, 11) is 0. The lowest BCUT2D eigenvalue weighted by Gasteiger charge is -2.03. The van der Waals surface area contributed by atoms with Crippen LogP contribution in [0.4, 0.5) is 11.4 Å². The van der Waals surface area contributed by atoms with Crippen molar-refractivity contribution in [3.8, 4) is 0 Å². The van der Waals surface area contributed by atoms with E-state index in [1.807, 2.05) is 0 Å². The van der Waals surface area contributed by atoms with Gasteiger partial charge in [0, 0.05) is 6.07 Å². The van der Waals surface area contributed by atoms with Crippen LogP contribution in [0.25, 0.3) is 0 Å². The number of non-ortho nitro benzene ring substituents is 1. The molecule has 106 valence electrons. The second kappa shape index (κ2) is 6.36. The molecule has 0 aromatic heterocycles. The summed E-state index contributed by atoms with van der Waals surface area (Å²) in [6.07, 6.45) is -0.660. The van der Waals surface area contributed by atoms with Gasteiger partial charge < -0.3 is 4.74 Å². The van der Waals surface area contributed by atoms with Crippen molar-refractivity contribution in [2.24, 2.45) is 0 Å². The highest BCUT2D eigenvalue weighted by Gasteiger charge is 2.25. The van der Waals surface area contributed by atoms with Crippen molar-refractivity contribution >= 4 is 23.1 Å². The van der Waals surface area contributed by atoms with Crippen LogP contribution in [-0.4, -0.2) is 28.2 Å². The Balaban J connectivity index is 3.11. The van der Waals surface area contributed by atoms with Gasteiger partial charge in [-0.3, -0.25) is 29.8 Å². The van der Waals surface area contributed by atoms with E-state index < -0.39 is 39.4 Å². The summed E-state index contributed by atoms with van der Waals surface area (Å²) in [6, 6.07) is 2.60. The second-order valence-corrected chi connectivity index (χ2v) is 3.62. The van der Waals surface area contributed by atoms with Crippen molar-refractivity contribution < 1.29 is 24.2 Å². The molecule has 0 bridgehead atoms. The molecule has 20 heavy (non-hydrogen) atoms. The molecule has 0 aliphatic heterocycles. The zero-order chi connectivity index (χ0) is 15.3. The van der Waals surface area contributed by atoms with Gasteiger partial charge in [-0.15, -0.1) is 0 Å². The molecule has 9 nitrogen and oxygen atoms in total. The van der Waals surface area contributed by atoms with E-state index in [1.54, 1.807) is 6.92 Å². The normalized spacial score (nSPS) is 9.85. The third-order valence-electron chi connectivity index (χ3n) is 2.30. The molecule has 0 fully saturated rings. The molecule has 1 rings (SSSR count). The molecule has 0 saturated carbocycles. The molecule has 0 aliphatic rings. The van der Waals surface area contributed by atoms with E-state index in [9.17, 15) is 29.8 Å². The molecule has 1 aromatic carbocycles. The topological polar surface area (TPSA) is 130 Å². The van der Waals surface area contributed by atoms with Crippen LogP contribution in [0.2, 0.25) is 0 Å². The van der Waals surface area contributed by atoms with Gasteiger partial charge in [-0.25, -0.2) is 0 Å². The Morgan fingerprint density at radius 1 is 1.20 bits per heavy atom. The highest BCUT2D eigenvalue weighted by molar-refractivity contribution is 6.08. The predicted molar refractivity (Wildman–Crippen MR) is 65.3 cm³/mol. The molecule has 0 spiro atoms. The molecular weight excluding hydrogens is 272 g/mol. The first-order valence-corrected chi connectivity index (χ1v) is 5.48. The first-order chi connectivity index (χ1) is 9.36. The van der Waals surface area contributed by atoms with Crippen LogP contribution in [-0.2, 0) is 9.53 Å². The van der Waals surface area contributed by atoms with Crippen LogP contribution in [0.3, 0.4) is 0 Å². The SMILES string of the molecule is CCOC(=O)CC(=O)c1ccc([N+](=O)[O-])cc1[N+](=O)[O-]. The standard InChI is InChI=1S/C11H10N2O7/c1-2-20-11(15)6-10(14)8-4-3-7(12(16)17)5-9(8)13(18)19/h3-5H,2,6H2,1H3. The van der Waals surface area contributed by atoms with Crippen LogP contribution < -0.4 is 0 Å². The van der Waals surface area contributed by atoms with E-state index in [4.69, 9.17) is 0 Å². The Labute approximate surface area is 112 Å². The number of ketones is 1. The lowest BCUT2D eigenvalue weighted by Crippen LogP contribution is -2.13. The molecule has 0 amide bonds. The third-order valence-corrected chi connectivity index (χ3v) is 2.30. The number of benzene rings is 1. The van der Waals surface area contributed by atoms with Crippen molar-refractivity contribution in [1.29, 1.82) is 0 Å². The molecule has 0 heterocycles. The number of hydrogen-bond donors (Lipinski definition) is 0. The first-order valence-electron chi connectivity index (χ1n) is 5.48. The summed E-state index contributed by atoms with van der Waals surface area (Å²) in [5.41, 5.74) is -1.59. The Kier molecular flexibility index (Phi) is 4.84. The van der Waals surface area contributed by atoms with E-state index >= 15 is 0 Å². The third kappa shape index (κ3) is 3.57. The molecule has 0 radical (unpaired) electrons. The minimum Gasteiger partial charge on any atom is -0.466 e. The minimum absolute atomic E-state index is 0.0778. The second-order valence-electron chi connectivity index (χ2n) is 3.62. The summed E-state index contributed by atoms with van der Waals surface area (Å²) in [5, 5.41) is 21.4. The van der Waals surface area contributed by atoms with E-state index in [0.717, 1.165) is 12.1 Å². The van der Waals surface area contributed by atoms with E-state index in [0.29, 0.717) is 6.07 Å². The van der Waals surface area contributed by atoms with Crippen molar-refractivity contribution in [3.05, 3.63) is 44.0 Å². The fraction of sp³-hybridized carbons (Fsp3) is 0.273. The Morgan fingerprint density at radius 2 is 1.85 bits per heavy atom. The van der Waals surface area contributed by atoms with Gasteiger partial charge in [0.25, 0.3) is 11.4 Å². The van der Waals surface area contributed by atoms with Gasteiger partial charge in [-0.05, 0) is 13.0 Å². The van der Waals surface area contributed by atoms with Gasteiger partial charge in [0.2, 0.25) is 0 Å². The van der Waals surface area contributed by atoms with Gasteiger partial charge >= 0.3 is 5.97 Å². The Hall–Kier alpha value is -2.84.